The summed E-state index contributed by atoms with van der Waals surface area (Å²) in [6.45, 7) is 2.08. The van der Waals surface area contributed by atoms with E-state index >= 15 is 0 Å². The van der Waals surface area contributed by atoms with Gasteiger partial charge in [0, 0.05) is 9.86 Å². The number of hydrogen-bond acceptors (Lipinski definition) is 2. The fourth-order valence-electron chi connectivity index (χ4n) is 1.14. The molecule has 2 aromatic heterocycles. The molecule has 0 amide bonds. The molecule has 62 valence electrons. The van der Waals surface area contributed by atoms with Crippen LogP contribution in [0.5, 0.6) is 0 Å². The number of rotatable bonds is 1. The van der Waals surface area contributed by atoms with Gasteiger partial charge in [-0.2, -0.15) is 5.10 Å². The van der Waals surface area contributed by atoms with E-state index in [1.807, 2.05) is 6.07 Å². The van der Waals surface area contributed by atoms with Crippen LogP contribution in [0.3, 0.4) is 0 Å². The van der Waals surface area contributed by atoms with Gasteiger partial charge in [-0.3, -0.25) is 5.10 Å². The predicted octanol–water partition coefficient (Wildman–Crippen LogP) is 2.28. The molecule has 0 aliphatic heterocycles. The van der Waals surface area contributed by atoms with E-state index in [4.69, 9.17) is 0 Å². The molecule has 0 fully saturated rings. The smallest absolute Gasteiger partial charge is 0.155 e. The van der Waals surface area contributed by atoms with Crippen molar-refractivity contribution in [3.05, 3.63) is 22.4 Å². The fourth-order valence-corrected chi connectivity index (χ4v) is 1.76. The van der Waals surface area contributed by atoms with E-state index < -0.39 is 0 Å². The molecule has 0 saturated heterocycles. The van der Waals surface area contributed by atoms with E-state index in [-0.39, 0.29) is 0 Å². The van der Waals surface area contributed by atoms with Crippen LogP contribution in [-0.4, -0.2) is 15.2 Å². The Morgan fingerprint density at radius 3 is 3.17 bits per heavy atom. The number of H-pyrrole nitrogens is 1. The molecular weight excluding hydrogens is 218 g/mol. The largest absolute Gasteiger partial charge is 0.261 e. The summed E-state index contributed by atoms with van der Waals surface area (Å²) in [5, 5.41) is 7.79. The third kappa shape index (κ3) is 1.12. The average Bonchev–Trinajstić information content (AvgIpc) is 2.49. The second-order valence-corrected chi connectivity index (χ2v) is 3.43. The zero-order chi connectivity index (χ0) is 8.55. The lowest BCUT2D eigenvalue weighted by Crippen LogP contribution is -1.88. The maximum Gasteiger partial charge on any atom is 0.155 e. The van der Waals surface area contributed by atoms with Crippen LogP contribution < -0.4 is 0 Å². The van der Waals surface area contributed by atoms with Gasteiger partial charge in [0.15, 0.2) is 5.65 Å². The first kappa shape index (κ1) is 7.73. The quantitative estimate of drug-likeness (QED) is 0.810. The minimum atomic E-state index is 0.857. The summed E-state index contributed by atoms with van der Waals surface area (Å²) in [5.74, 6) is 0. The van der Waals surface area contributed by atoms with Gasteiger partial charge in [0.25, 0.3) is 0 Å². The van der Waals surface area contributed by atoms with Crippen LogP contribution in [0.25, 0.3) is 11.0 Å². The number of nitrogens with one attached hydrogen (secondary N) is 1. The molecule has 0 aromatic carbocycles. The fraction of sp³-hybridized carbons (Fsp3) is 0.250. The topological polar surface area (TPSA) is 41.6 Å². The van der Waals surface area contributed by atoms with Crippen LogP contribution in [0.15, 0.2) is 16.7 Å². The van der Waals surface area contributed by atoms with E-state index in [0.29, 0.717) is 0 Å². The zero-order valence-electron chi connectivity index (χ0n) is 6.63. The molecule has 0 radical (unpaired) electrons. The lowest BCUT2D eigenvalue weighted by atomic mass is 10.2. The van der Waals surface area contributed by atoms with Crippen molar-refractivity contribution in [3.8, 4) is 0 Å². The van der Waals surface area contributed by atoms with Crippen molar-refractivity contribution in [2.75, 3.05) is 0 Å². The lowest BCUT2D eigenvalue weighted by molar-refractivity contribution is 1.02. The molecule has 0 aliphatic carbocycles. The molecular formula is C8H8BrN3. The summed E-state index contributed by atoms with van der Waals surface area (Å²) >= 11 is 3.46. The van der Waals surface area contributed by atoms with Crippen molar-refractivity contribution < 1.29 is 0 Å². The molecule has 0 bridgehead atoms. The van der Waals surface area contributed by atoms with Gasteiger partial charge in [-0.25, -0.2) is 4.98 Å². The monoisotopic (exact) mass is 225 g/mol. The average molecular weight is 226 g/mol. The molecule has 1 N–H and O–H groups in total. The first-order valence-corrected chi connectivity index (χ1v) is 4.59. The van der Waals surface area contributed by atoms with Gasteiger partial charge in [-0.05, 0) is 28.4 Å². The summed E-state index contributed by atoms with van der Waals surface area (Å²) in [6.07, 6.45) is 2.70. The zero-order valence-corrected chi connectivity index (χ0v) is 8.22. The van der Waals surface area contributed by atoms with Crippen LogP contribution >= 0.6 is 15.9 Å². The number of aryl methyl sites for hydroxylation is 1. The number of aromatic amines is 1. The highest BCUT2D eigenvalue weighted by atomic mass is 79.9. The molecule has 2 heterocycles. The first-order valence-electron chi connectivity index (χ1n) is 3.79. The van der Waals surface area contributed by atoms with Gasteiger partial charge in [0.2, 0.25) is 0 Å². The summed E-state index contributed by atoms with van der Waals surface area (Å²) in [7, 11) is 0. The van der Waals surface area contributed by atoms with Crippen molar-refractivity contribution in [2.45, 2.75) is 13.3 Å². The predicted molar refractivity (Wildman–Crippen MR) is 51.0 cm³/mol. The number of aromatic nitrogens is 3. The highest BCUT2D eigenvalue weighted by Crippen LogP contribution is 2.19. The number of hydrogen-bond donors (Lipinski definition) is 1. The minimum absolute atomic E-state index is 0.857. The molecule has 0 unspecified atom stereocenters. The summed E-state index contributed by atoms with van der Waals surface area (Å²) in [4.78, 5) is 4.39. The molecule has 4 heteroatoms. The Bertz CT molecular complexity index is 408. The van der Waals surface area contributed by atoms with Crippen LogP contribution in [0.2, 0.25) is 0 Å². The van der Waals surface area contributed by atoms with Crippen LogP contribution in [0.1, 0.15) is 12.6 Å². The van der Waals surface area contributed by atoms with Crippen molar-refractivity contribution in [3.63, 3.8) is 0 Å². The summed E-state index contributed by atoms with van der Waals surface area (Å²) in [6, 6.07) is 2.03. The molecule has 3 nitrogen and oxygen atoms in total. The molecule has 12 heavy (non-hydrogen) atoms. The molecule has 2 aromatic rings. The Morgan fingerprint density at radius 2 is 2.42 bits per heavy atom. The molecule has 0 spiro atoms. The normalized spacial score (nSPS) is 10.8. The van der Waals surface area contributed by atoms with Gasteiger partial charge >= 0.3 is 0 Å². The summed E-state index contributed by atoms with van der Waals surface area (Å²) < 4.78 is 1.05. The van der Waals surface area contributed by atoms with E-state index in [9.17, 15) is 0 Å². The van der Waals surface area contributed by atoms with Crippen molar-refractivity contribution in [2.24, 2.45) is 0 Å². The minimum Gasteiger partial charge on any atom is -0.261 e. The van der Waals surface area contributed by atoms with E-state index in [1.165, 1.54) is 0 Å². The molecule has 0 saturated carbocycles. The maximum absolute atomic E-state index is 4.39. The maximum atomic E-state index is 4.39. The second-order valence-electron chi connectivity index (χ2n) is 2.58. The Morgan fingerprint density at radius 1 is 1.58 bits per heavy atom. The highest BCUT2D eigenvalue weighted by molar-refractivity contribution is 9.10. The van der Waals surface area contributed by atoms with E-state index in [0.717, 1.165) is 27.6 Å². The van der Waals surface area contributed by atoms with Gasteiger partial charge < -0.3 is 0 Å². The summed E-state index contributed by atoms with van der Waals surface area (Å²) in [5.41, 5.74) is 1.92. The molecule has 2 rings (SSSR count). The number of pyridine rings is 1. The number of fused-ring (bicyclic) bond motifs is 1. The Kier molecular flexibility index (Phi) is 1.84. The van der Waals surface area contributed by atoms with Crippen molar-refractivity contribution in [1.29, 1.82) is 0 Å². The van der Waals surface area contributed by atoms with Crippen LogP contribution in [0.4, 0.5) is 0 Å². The molecule has 0 atom stereocenters. The van der Waals surface area contributed by atoms with Crippen LogP contribution in [0, 0.1) is 0 Å². The van der Waals surface area contributed by atoms with Crippen molar-refractivity contribution >= 4 is 27.0 Å². The number of halogens is 1. The Balaban J connectivity index is 2.73. The first-order chi connectivity index (χ1) is 5.81. The lowest BCUT2D eigenvalue weighted by Gasteiger charge is -1.98. The third-order valence-corrected chi connectivity index (χ3v) is 2.47. The standard InChI is InChI=1S/C8H8BrN3/c1-2-7-6(9)3-5-4-10-12-8(5)11-7/h3-4H,2H2,1H3,(H,10,11,12). The van der Waals surface area contributed by atoms with Gasteiger partial charge in [0.1, 0.15) is 0 Å². The van der Waals surface area contributed by atoms with Crippen molar-refractivity contribution in [1.82, 2.24) is 15.2 Å². The van der Waals surface area contributed by atoms with E-state index in [2.05, 4.69) is 38.0 Å². The number of nitrogens with zero attached hydrogens (tertiary/aromatic N) is 2. The second kappa shape index (κ2) is 2.86. The Hall–Kier alpha value is -0.900. The van der Waals surface area contributed by atoms with Gasteiger partial charge in [-0.15, -0.1) is 0 Å². The SMILES string of the molecule is CCc1nc2[nH]ncc2cc1Br. The third-order valence-electron chi connectivity index (χ3n) is 1.79. The van der Waals surface area contributed by atoms with E-state index in [1.54, 1.807) is 6.20 Å². The van der Waals surface area contributed by atoms with Gasteiger partial charge in [0.05, 0.1) is 11.9 Å². The molecule has 0 aliphatic rings. The van der Waals surface area contributed by atoms with Gasteiger partial charge in [-0.1, -0.05) is 6.92 Å². The Labute approximate surface area is 78.3 Å². The highest BCUT2D eigenvalue weighted by Gasteiger charge is 2.03. The van der Waals surface area contributed by atoms with Crippen LogP contribution in [-0.2, 0) is 6.42 Å².